The summed E-state index contributed by atoms with van der Waals surface area (Å²) >= 11 is 0. The molecule has 7 nitrogen and oxygen atoms in total. The molecular formula is C38H26N6O. The van der Waals surface area contributed by atoms with Crippen molar-refractivity contribution < 1.29 is 4.74 Å². The molecule has 0 aliphatic carbocycles. The van der Waals surface area contributed by atoms with Crippen molar-refractivity contribution in [1.82, 2.24) is 15.0 Å². The summed E-state index contributed by atoms with van der Waals surface area (Å²) in [6.45, 7) is 11.9. The fraction of sp³-hybridized carbons (Fsp3) is 0.0789. The van der Waals surface area contributed by atoms with Crippen molar-refractivity contribution in [2.24, 2.45) is 0 Å². The molecule has 0 unspecified atom stereocenters. The van der Waals surface area contributed by atoms with E-state index in [9.17, 15) is 5.26 Å². The molecule has 0 saturated heterocycles. The predicted octanol–water partition coefficient (Wildman–Crippen LogP) is 9.53. The van der Waals surface area contributed by atoms with Crippen molar-refractivity contribution in [3.63, 3.8) is 0 Å². The molecule has 0 bridgehead atoms. The second-order valence-corrected chi connectivity index (χ2v) is 11.2. The molecule has 6 aromatic rings. The molecule has 0 amide bonds. The van der Waals surface area contributed by atoms with Crippen LogP contribution in [0.3, 0.4) is 0 Å². The summed E-state index contributed by atoms with van der Waals surface area (Å²) in [6.07, 6.45) is 0. The SMILES string of the molecule is [C-]#[N+]c1nc(C#N)nc(Oc2ccccc2N2c3ccc(-c4ccccc4)cc3C(C)(C)c3cc(-c4ccccc4)ccc32)n1. The monoisotopic (exact) mass is 582 g/mol. The first-order chi connectivity index (χ1) is 22.0. The highest BCUT2D eigenvalue weighted by Crippen LogP contribution is 2.55. The molecule has 7 heteroatoms. The van der Waals surface area contributed by atoms with Gasteiger partial charge in [0.15, 0.2) is 11.8 Å². The summed E-state index contributed by atoms with van der Waals surface area (Å²) in [5.74, 6) is 0.0894. The van der Waals surface area contributed by atoms with E-state index in [-0.39, 0.29) is 23.2 Å². The van der Waals surface area contributed by atoms with E-state index in [2.05, 4.69) is 123 Å². The summed E-state index contributed by atoms with van der Waals surface area (Å²) in [5, 5.41) is 9.41. The second-order valence-electron chi connectivity index (χ2n) is 11.2. The van der Waals surface area contributed by atoms with Gasteiger partial charge in [0.05, 0.1) is 17.1 Å². The number of anilines is 3. The van der Waals surface area contributed by atoms with Gasteiger partial charge in [-0.25, -0.2) is 0 Å². The molecule has 45 heavy (non-hydrogen) atoms. The van der Waals surface area contributed by atoms with E-state index in [1.54, 1.807) is 0 Å². The zero-order valence-corrected chi connectivity index (χ0v) is 24.6. The molecule has 0 fully saturated rings. The Morgan fingerprint density at radius 2 is 1.22 bits per heavy atom. The lowest BCUT2D eigenvalue weighted by atomic mass is 9.72. The van der Waals surface area contributed by atoms with Crippen LogP contribution in [0.4, 0.5) is 23.0 Å². The highest BCUT2D eigenvalue weighted by Gasteiger charge is 2.38. The smallest absolute Gasteiger partial charge is 0.389 e. The van der Waals surface area contributed by atoms with Gasteiger partial charge in [-0.05, 0) is 69.8 Å². The first kappa shape index (κ1) is 27.5. The zero-order valence-electron chi connectivity index (χ0n) is 24.6. The fourth-order valence-electron chi connectivity index (χ4n) is 5.94. The average Bonchev–Trinajstić information content (AvgIpc) is 3.09. The van der Waals surface area contributed by atoms with Crippen molar-refractivity contribution >= 4 is 23.0 Å². The number of benzene rings is 5. The maximum absolute atomic E-state index is 9.41. The van der Waals surface area contributed by atoms with Gasteiger partial charge in [-0.2, -0.15) is 5.26 Å². The predicted molar refractivity (Wildman–Crippen MR) is 175 cm³/mol. The van der Waals surface area contributed by atoms with Crippen molar-refractivity contribution in [2.75, 3.05) is 4.90 Å². The maximum Gasteiger partial charge on any atom is 0.389 e. The van der Waals surface area contributed by atoms with Crippen LogP contribution in [-0.4, -0.2) is 15.0 Å². The molecule has 5 aromatic carbocycles. The Morgan fingerprint density at radius 3 is 1.78 bits per heavy atom. The second kappa shape index (κ2) is 11.1. The van der Waals surface area contributed by atoms with E-state index in [0.717, 1.165) is 39.3 Å². The van der Waals surface area contributed by atoms with Gasteiger partial charge in [0, 0.05) is 5.41 Å². The minimum absolute atomic E-state index is 0.114. The van der Waals surface area contributed by atoms with Gasteiger partial charge in [-0.15, -0.1) is 16.5 Å². The van der Waals surface area contributed by atoms with Crippen LogP contribution in [0.25, 0.3) is 27.1 Å². The lowest BCUT2D eigenvalue weighted by Gasteiger charge is -2.42. The number of fused-ring (bicyclic) bond motifs is 2. The normalized spacial score (nSPS) is 12.8. The lowest BCUT2D eigenvalue weighted by molar-refractivity contribution is 0.441. The number of para-hydroxylation sites is 2. The van der Waals surface area contributed by atoms with E-state index in [1.165, 1.54) is 11.1 Å². The summed E-state index contributed by atoms with van der Waals surface area (Å²) in [7, 11) is 0. The highest BCUT2D eigenvalue weighted by atomic mass is 16.5. The number of nitriles is 1. The third kappa shape index (κ3) is 4.93. The molecule has 0 spiro atoms. The lowest BCUT2D eigenvalue weighted by Crippen LogP contribution is -2.31. The molecule has 0 atom stereocenters. The van der Waals surface area contributed by atoms with Crippen molar-refractivity contribution in [2.45, 2.75) is 19.3 Å². The summed E-state index contributed by atoms with van der Waals surface area (Å²) < 4.78 is 6.22. The van der Waals surface area contributed by atoms with Gasteiger partial charge in [-0.3, -0.25) is 0 Å². The zero-order chi connectivity index (χ0) is 31.0. The Balaban J connectivity index is 1.44. The minimum Gasteiger partial charge on any atom is -0.411 e. The van der Waals surface area contributed by atoms with Gasteiger partial charge in [-0.1, -0.05) is 104 Å². The molecule has 214 valence electrons. The first-order valence-corrected chi connectivity index (χ1v) is 14.5. The van der Waals surface area contributed by atoms with Crippen molar-refractivity contribution in [1.29, 1.82) is 5.26 Å². The summed E-state index contributed by atoms with van der Waals surface area (Å²) in [6, 6.07) is 43.4. The van der Waals surface area contributed by atoms with Gasteiger partial charge in [0.25, 0.3) is 5.82 Å². The molecule has 0 N–H and O–H groups in total. The van der Waals surface area contributed by atoms with E-state index < -0.39 is 0 Å². The number of nitrogens with zero attached hydrogens (tertiary/aromatic N) is 6. The largest absolute Gasteiger partial charge is 0.411 e. The Kier molecular flexibility index (Phi) is 6.77. The molecule has 1 aromatic heterocycles. The first-order valence-electron chi connectivity index (χ1n) is 14.5. The minimum atomic E-state index is -0.340. The number of rotatable bonds is 5. The van der Waals surface area contributed by atoms with Crippen LogP contribution in [-0.2, 0) is 5.41 Å². The van der Waals surface area contributed by atoms with Gasteiger partial charge >= 0.3 is 12.0 Å². The van der Waals surface area contributed by atoms with E-state index in [0.29, 0.717) is 5.75 Å². The topological polar surface area (TPSA) is 79.3 Å². The van der Waals surface area contributed by atoms with Crippen molar-refractivity contribution in [3.05, 3.63) is 150 Å². The van der Waals surface area contributed by atoms with Gasteiger partial charge < -0.3 is 14.5 Å². The van der Waals surface area contributed by atoms with Crippen LogP contribution in [0, 0.1) is 17.9 Å². The standard InChI is InChI=1S/C38H26N6O/c1-38(2)29-22-27(25-12-6-4-7-13-25)18-20-31(29)44(32-21-19-28(23-30(32)38)26-14-8-5-9-15-26)33-16-10-11-17-34(33)45-37-42-35(24-39)41-36(40-3)43-37/h4-23H,1-2H3. The van der Waals surface area contributed by atoms with Crippen LogP contribution in [0.1, 0.15) is 30.8 Å². The maximum atomic E-state index is 9.41. The Labute approximate surface area is 261 Å². The van der Waals surface area contributed by atoms with Gasteiger partial charge in [0.1, 0.15) is 0 Å². The Hall–Kier alpha value is -6.31. The molecule has 7 rings (SSSR count). The van der Waals surface area contributed by atoms with Crippen LogP contribution in [0.15, 0.2) is 121 Å². The van der Waals surface area contributed by atoms with Crippen molar-refractivity contribution in [3.8, 4) is 40.1 Å². The molecule has 1 aliphatic heterocycles. The molecule has 0 radical (unpaired) electrons. The van der Waals surface area contributed by atoms with Crippen LogP contribution >= 0.6 is 0 Å². The van der Waals surface area contributed by atoms with E-state index in [4.69, 9.17) is 11.3 Å². The molecule has 0 saturated carbocycles. The van der Waals surface area contributed by atoms with Crippen LogP contribution in [0.5, 0.6) is 11.8 Å². The number of aromatic nitrogens is 3. The van der Waals surface area contributed by atoms with E-state index >= 15 is 0 Å². The quantitative estimate of drug-likeness (QED) is 0.188. The van der Waals surface area contributed by atoms with Gasteiger partial charge in [0.2, 0.25) is 0 Å². The summed E-state index contributed by atoms with van der Waals surface area (Å²) in [5.41, 5.74) is 9.36. The van der Waals surface area contributed by atoms with Crippen LogP contribution < -0.4 is 9.64 Å². The Bertz CT molecular complexity index is 2020. The molecule has 1 aliphatic rings. The number of hydrogen-bond donors (Lipinski definition) is 0. The fourth-order valence-corrected chi connectivity index (χ4v) is 5.94. The highest BCUT2D eigenvalue weighted by molar-refractivity contribution is 5.90. The summed E-state index contributed by atoms with van der Waals surface area (Å²) in [4.78, 5) is 17.6. The number of hydrogen-bond acceptors (Lipinski definition) is 6. The Morgan fingerprint density at radius 1 is 0.667 bits per heavy atom. The third-order valence-electron chi connectivity index (χ3n) is 8.15. The average molecular weight is 583 g/mol. The third-order valence-corrected chi connectivity index (χ3v) is 8.15. The van der Waals surface area contributed by atoms with Crippen LogP contribution in [0.2, 0.25) is 0 Å². The molecule has 2 heterocycles. The number of ether oxygens (including phenoxy) is 1. The van der Waals surface area contributed by atoms with E-state index in [1.807, 2.05) is 42.5 Å². The molecular weight excluding hydrogens is 556 g/mol.